The van der Waals surface area contributed by atoms with Crippen molar-refractivity contribution in [3.63, 3.8) is 0 Å². The molecule has 1 N–H and O–H groups in total. The Kier molecular flexibility index (Phi) is 3.92. The predicted molar refractivity (Wildman–Crippen MR) is 73.5 cm³/mol. The standard InChI is InChI=1S/C14H18N2S/c1-10-5-4-6-12(7-10)14(15-3)8-13-9-17-11(2)16-13/h4-7,9,14-15H,8H2,1-3H3. The second-order valence-electron chi connectivity index (χ2n) is 4.32. The molecular weight excluding hydrogens is 228 g/mol. The van der Waals surface area contributed by atoms with Gasteiger partial charge in [-0.2, -0.15) is 0 Å². The molecule has 0 fully saturated rings. The van der Waals surface area contributed by atoms with Crippen molar-refractivity contribution in [2.45, 2.75) is 26.3 Å². The maximum Gasteiger partial charge on any atom is 0.0897 e. The highest BCUT2D eigenvalue weighted by molar-refractivity contribution is 7.09. The van der Waals surface area contributed by atoms with Crippen molar-refractivity contribution in [1.82, 2.24) is 10.3 Å². The minimum absolute atomic E-state index is 0.344. The van der Waals surface area contributed by atoms with Gasteiger partial charge in [0, 0.05) is 17.8 Å². The van der Waals surface area contributed by atoms with E-state index >= 15 is 0 Å². The summed E-state index contributed by atoms with van der Waals surface area (Å²) in [5, 5.41) is 6.65. The lowest BCUT2D eigenvalue weighted by atomic mass is 10.0. The van der Waals surface area contributed by atoms with Crippen molar-refractivity contribution < 1.29 is 0 Å². The molecule has 0 radical (unpaired) electrons. The Bertz CT molecular complexity index is 490. The molecule has 17 heavy (non-hydrogen) atoms. The van der Waals surface area contributed by atoms with Crippen LogP contribution in [0.1, 0.15) is 27.9 Å². The fraction of sp³-hybridized carbons (Fsp3) is 0.357. The zero-order valence-electron chi connectivity index (χ0n) is 10.5. The molecule has 90 valence electrons. The normalized spacial score (nSPS) is 12.6. The van der Waals surface area contributed by atoms with Crippen LogP contribution in [0, 0.1) is 13.8 Å². The van der Waals surface area contributed by atoms with Gasteiger partial charge in [-0.1, -0.05) is 29.8 Å². The lowest BCUT2D eigenvalue weighted by Gasteiger charge is -2.16. The van der Waals surface area contributed by atoms with Gasteiger partial charge in [0.15, 0.2) is 0 Å². The number of nitrogens with one attached hydrogen (secondary N) is 1. The van der Waals surface area contributed by atoms with Crippen LogP contribution in [-0.4, -0.2) is 12.0 Å². The Morgan fingerprint density at radius 1 is 1.35 bits per heavy atom. The van der Waals surface area contributed by atoms with Gasteiger partial charge in [-0.15, -0.1) is 11.3 Å². The third-order valence-electron chi connectivity index (χ3n) is 2.87. The van der Waals surface area contributed by atoms with Gasteiger partial charge in [0.1, 0.15) is 0 Å². The average Bonchev–Trinajstić information content (AvgIpc) is 2.72. The van der Waals surface area contributed by atoms with E-state index in [0.29, 0.717) is 6.04 Å². The lowest BCUT2D eigenvalue weighted by molar-refractivity contribution is 0.585. The molecule has 0 aliphatic heterocycles. The molecule has 0 amide bonds. The van der Waals surface area contributed by atoms with E-state index < -0.39 is 0 Å². The number of likely N-dealkylation sites (N-methyl/N-ethyl adjacent to an activating group) is 1. The summed E-state index contributed by atoms with van der Waals surface area (Å²) in [6, 6.07) is 8.99. The summed E-state index contributed by atoms with van der Waals surface area (Å²) in [5.74, 6) is 0. The number of rotatable bonds is 4. The fourth-order valence-electron chi connectivity index (χ4n) is 1.98. The van der Waals surface area contributed by atoms with Crippen molar-refractivity contribution in [3.05, 3.63) is 51.5 Å². The van der Waals surface area contributed by atoms with Gasteiger partial charge in [-0.25, -0.2) is 4.98 Å². The highest BCUT2D eigenvalue weighted by atomic mass is 32.1. The highest BCUT2D eigenvalue weighted by Gasteiger charge is 2.11. The van der Waals surface area contributed by atoms with Crippen molar-refractivity contribution in [1.29, 1.82) is 0 Å². The van der Waals surface area contributed by atoms with E-state index in [-0.39, 0.29) is 0 Å². The second-order valence-corrected chi connectivity index (χ2v) is 5.38. The SMILES string of the molecule is CNC(Cc1csc(C)n1)c1cccc(C)c1. The van der Waals surface area contributed by atoms with Gasteiger partial charge in [0.25, 0.3) is 0 Å². The summed E-state index contributed by atoms with van der Waals surface area (Å²) in [7, 11) is 2.01. The molecule has 0 bridgehead atoms. The number of aryl methyl sites for hydroxylation is 2. The zero-order valence-corrected chi connectivity index (χ0v) is 11.3. The number of hydrogen-bond acceptors (Lipinski definition) is 3. The number of hydrogen-bond donors (Lipinski definition) is 1. The van der Waals surface area contributed by atoms with E-state index in [1.807, 2.05) is 7.05 Å². The third-order valence-corrected chi connectivity index (χ3v) is 3.70. The Hall–Kier alpha value is -1.19. The number of thiazole rings is 1. The van der Waals surface area contributed by atoms with Crippen molar-refractivity contribution in [2.75, 3.05) is 7.05 Å². The first kappa shape index (κ1) is 12.3. The molecule has 2 nitrogen and oxygen atoms in total. The van der Waals surface area contributed by atoms with Gasteiger partial charge in [0.2, 0.25) is 0 Å². The maximum absolute atomic E-state index is 4.52. The number of benzene rings is 1. The van der Waals surface area contributed by atoms with E-state index in [1.165, 1.54) is 16.8 Å². The van der Waals surface area contributed by atoms with Crippen molar-refractivity contribution >= 4 is 11.3 Å². The molecule has 0 spiro atoms. The monoisotopic (exact) mass is 246 g/mol. The van der Waals surface area contributed by atoms with E-state index in [2.05, 4.69) is 53.8 Å². The number of aromatic nitrogens is 1. The van der Waals surface area contributed by atoms with Gasteiger partial charge in [-0.05, 0) is 26.5 Å². The van der Waals surface area contributed by atoms with Crippen LogP contribution in [0.4, 0.5) is 0 Å². The second kappa shape index (κ2) is 5.43. The maximum atomic E-state index is 4.52. The summed E-state index contributed by atoms with van der Waals surface area (Å²) in [4.78, 5) is 4.52. The Labute approximate surface area is 107 Å². The fourth-order valence-corrected chi connectivity index (χ4v) is 2.61. The third kappa shape index (κ3) is 3.14. The van der Waals surface area contributed by atoms with Crippen LogP contribution in [0.5, 0.6) is 0 Å². The molecule has 2 aromatic rings. The van der Waals surface area contributed by atoms with Crippen LogP contribution >= 0.6 is 11.3 Å². The van der Waals surface area contributed by atoms with E-state index in [0.717, 1.165) is 11.4 Å². The molecule has 0 aliphatic carbocycles. The average molecular weight is 246 g/mol. The molecule has 1 aromatic heterocycles. The van der Waals surface area contributed by atoms with E-state index in [4.69, 9.17) is 0 Å². The number of nitrogens with zero attached hydrogens (tertiary/aromatic N) is 1. The minimum Gasteiger partial charge on any atom is -0.313 e. The van der Waals surface area contributed by atoms with Gasteiger partial charge < -0.3 is 5.32 Å². The first-order chi connectivity index (χ1) is 8.19. The summed E-state index contributed by atoms with van der Waals surface area (Å²) in [5.41, 5.74) is 3.81. The summed E-state index contributed by atoms with van der Waals surface area (Å²) in [6.07, 6.45) is 0.949. The quantitative estimate of drug-likeness (QED) is 0.895. The molecule has 1 atom stereocenters. The molecule has 1 aromatic carbocycles. The Morgan fingerprint density at radius 2 is 2.18 bits per heavy atom. The first-order valence-corrected chi connectivity index (χ1v) is 6.72. The van der Waals surface area contributed by atoms with Crippen LogP contribution in [0.3, 0.4) is 0 Å². The molecule has 0 aliphatic rings. The lowest BCUT2D eigenvalue weighted by Crippen LogP contribution is -2.19. The molecule has 0 saturated heterocycles. The van der Waals surface area contributed by atoms with Gasteiger partial charge in [-0.3, -0.25) is 0 Å². The smallest absolute Gasteiger partial charge is 0.0897 e. The van der Waals surface area contributed by atoms with Crippen molar-refractivity contribution in [3.8, 4) is 0 Å². The predicted octanol–water partition coefficient (Wildman–Crippen LogP) is 3.26. The first-order valence-electron chi connectivity index (χ1n) is 5.84. The Morgan fingerprint density at radius 3 is 2.76 bits per heavy atom. The molecule has 1 heterocycles. The van der Waals surface area contributed by atoms with Crippen LogP contribution in [0.15, 0.2) is 29.6 Å². The largest absolute Gasteiger partial charge is 0.313 e. The van der Waals surface area contributed by atoms with Crippen LogP contribution in [0.25, 0.3) is 0 Å². The van der Waals surface area contributed by atoms with Crippen LogP contribution < -0.4 is 5.32 Å². The molecule has 1 unspecified atom stereocenters. The van der Waals surface area contributed by atoms with Crippen LogP contribution in [0.2, 0.25) is 0 Å². The minimum atomic E-state index is 0.344. The van der Waals surface area contributed by atoms with E-state index in [1.54, 1.807) is 11.3 Å². The molecule has 0 saturated carbocycles. The Balaban J connectivity index is 2.16. The van der Waals surface area contributed by atoms with Gasteiger partial charge >= 0.3 is 0 Å². The topological polar surface area (TPSA) is 24.9 Å². The highest BCUT2D eigenvalue weighted by Crippen LogP contribution is 2.20. The summed E-state index contributed by atoms with van der Waals surface area (Å²) in [6.45, 7) is 4.18. The van der Waals surface area contributed by atoms with Crippen LogP contribution in [-0.2, 0) is 6.42 Å². The summed E-state index contributed by atoms with van der Waals surface area (Å²) < 4.78 is 0. The molecule has 2 rings (SSSR count). The van der Waals surface area contributed by atoms with Gasteiger partial charge in [0.05, 0.1) is 10.7 Å². The van der Waals surface area contributed by atoms with Crippen molar-refractivity contribution in [2.24, 2.45) is 0 Å². The summed E-state index contributed by atoms with van der Waals surface area (Å²) >= 11 is 1.72. The molecule has 3 heteroatoms. The zero-order chi connectivity index (χ0) is 12.3. The molecular formula is C14H18N2S. The van der Waals surface area contributed by atoms with E-state index in [9.17, 15) is 0 Å².